The molecule has 4 nitrogen and oxygen atoms in total. The highest BCUT2D eigenvalue weighted by molar-refractivity contribution is 9.10. The third-order valence-corrected chi connectivity index (χ3v) is 26.2. The van der Waals surface area contributed by atoms with Crippen molar-refractivity contribution in [3.05, 3.63) is 546 Å². The molecule has 22 aromatic rings. The molecular weight excluding hydrogens is 1610 g/mol. The molecule has 0 aliphatic heterocycles. The van der Waals surface area contributed by atoms with Gasteiger partial charge in [-0.1, -0.05) is 428 Å². The molecule has 0 fully saturated rings. The highest BCUT2D eigenvalue weighted by atomic mass is 79.9. The van der Waals surface area contributed by atoms with Crippen molar-refractivity contribution in [1.82, 2.24) is 0 Å². The number of halogens is 1. The van der Waals surface area contributed by atoms with E-state index < -0.39 is 10.8 Å². The van der Waals surface area contributed by atoms with Gasteiger partial charge in [-0.3, -0.25) is 0 Å². The van der Waals surface area contributed by atoms with Crippen LogP contribution in [0.4, 0.5) is 28.4 Å². The molecule has 0 unspecified atom stereocenters. The van der Waals surface area contributed by atoms with Crippen LogP contribution in [0.1, 0.15) is 44.5 Å². The number of fused-ring (bicyclic) bond motifs is 12. The fourth-order valence-electron chi connectivity index (χ4n) is 19.7. The van der Waals surface area contributed by atoms with Gasteiger partial charge >= 0.3 is 0 Å². The fourth-order valence-corrected chi connectivity index (χ4v) is 20.2. The summed E-state index contributed by atoms with van der Waals surface area (Å²) in [5.74, 6) is 0. The summed E-state index contributed by atoms with van der Waals surface area (Å²) in [5, 5.41) is 8.36. The maximum atomic E-state index is 6.32. The molecule has 24 rings (SSSR count). The van der Waals surface area contributed by atoms with Gasteiger partial charge in [-0.05, 0) is 202 Å². The second kappa shape index (κ2) is 33.4. The molecule has 2 heterocycles. The molecule has 0 amide bonds. The third-order valence-electron chi connectivity index (χ3n) is 25.5. The smallest absolute Gasteiger partial charge is 0.136 e. The van der Waals surface area contributed by atoms with Crippen molar-refractivity contribution in [2.24, 2.45) is 0 Å². The minimum absolute atomic E-state index is 0.411. The molecule has 0 atom stereocenters. The van der Waals surface area contributed by atoms with Crippen LogP contribution in [-0.4, -0.2) is 0 Å². The van der Waals surface area contributed by atoms with Crippen molar-refractivity contribution in [3.8, 4) is 89.0 Å². The summed E-state index contributed by atoms with van der Waals surface area (Å²) in [4.78, 5) is 2.48. The zero-order valence-electron chi connectivity index (χ0n) is 69.5. The Hall–Kier alpha value is -15.9. The summed E-state index contributed by atoms with van der Waals surface area (Å²) in [5.41, 5.74) is 37.5. The first-order chi connectivity index (χ1) is 62.9. The number of para-hydroxylation sites is 3. The maximum Gasteiger partial charge on any atom is 0.136 e. The molecule has 0 radical (unpaired) electrons. The molecule has 127 heavy (non-hydrogen) atoms. The van der Waals surface area contributed by atoms with E-state index in [4.69, 9.17) is 8.83 Å². The SMILES string of the molecule is Brc1ccccc1-c1ccc(-c2ccccc2)cc1.c1ccc(-c2ccc(-c3ccccc3N(c3ccc(-c4ccc5c(c4)oc4ccccc45)cc3)c3cccc4c3-c3ccccc3C4(c3ccccc3)c3ccccc3)cc2)cc1.c1ccc(C2(c3ccccc3)c3ccccc3-c3c(Nc4ccc(-c5ccc6c(c5)oc5ccccc56)cc4)cccc32)cc1. The van der Waals surface area contributed by atoms with Crippen molar-refractivity contribution < 1.29 is 8.83 Å². The van der Waals surface area contributed by atoms with Gasteiger partial charge < -0.3 is 19.1 Å². The van der Waals surface area contributed by atoms with Crippen LogP contribution in [0, 0.1) is 0 Å². The van der Waals surface area contributed by atoms with E-state index in [2.05, 4.69) is 487 Å². The van der Waals surface area contributed by atoms with Crippen molar-refractivity contribution in [2.45, 2.75) is 10.8 Å². The first-order valence-corrected chi connectivity index (χ1v) is 44.1. The lowest BCUT2D eigenvalue weighted by Crippen LogP contribution is -2.28. The van der Waals surface area contributed by atoms with Gasteiger partial charge in [0.15, 0.2) is 0 Å². The average Bonchev–Trinajstić information content (AvgIpc) is 1.54. The van der Waals surface area contributed by atoms with E-state index in [1.165, 1.54) is 100 Å². The zero-order chi connectivity index (χ0) is 84.6. The predicted molar refractivity (Wildman–Crippen MR) is 533 cm³/mol. The quantitative estimate of drug-likeness (QED) is 0.111. The summed E-state index contributed by atoms with van der Waals surface area (Å²) in [6.07, 6.45) is 0. The Balaban J connectivity index is 0.000000129. The van der Waals surface area contributed by atoms with Crippen LogP contribution in [0.5, 0.6) is 0 Å². The molecule has 2 aromatic heterocycles. The van der Waals surface area contributed by atoms with Gasteiger partial charge in [0, 0.05) is 59.8 Å². The van der Waals surface area contributed by atoms with E-state index in [-0.39, 0.29) is 0 Å². The maximum absolute atomic E-state index is 6.32. The second-order valence-electron chi connectivity index (χ2n) is 32.6. The Morgan fingerprint density at radius 2 is 0.535 bits per heavy atom. The van der Waals surface area contributed by atoms with Gasteiger partial charge in [-0.25, -0.2) is 0 Å². The van der Waals surface area contributed by atoms with Crippen LogP contribution in [0.3, 0.4) is 0 Å². The van der Waals surface area contributed by atoms with Gasteiger partial charge in [0.1, 0.15) is 22.3 Å². The van der Waals surface area contributed by atoms with Crippen molar-refractivity contribution in [2.75, 3.05) is 10.2 Å². The van der Waals surface area contributed by atoms with E-state index in [9.17, 15) is 0 Å². The lowest BCUT2D eigenvalue weighted by molar-refractivity contribution is 0.668. The predicted octanol–water partition coefficient (Wildman–Crippen LogP) is 33.6. The molecule has 2 aliphatic rings. The van der Waals surface area contributed by atoms with Crippen LogP contribution in [0.25, 0.3) is 133 Å². The Bertz CT molecular complexity index is 7670. The number of furan rings is 2. The summed E-state index contributed by atoms with van der Waals surface area (Å²) in [7, 11) is 0. The number of nitrogens with one attached hydrogen (secondary N) is 1. The van der Waals surface area contributed by atoms with Gasteiger partial charge in [0.05, 0.1) is 22.2 Å². The van der Waals surface area contributed by atoms with E-state index in [0.717, 1.165) is 110 Å². The number of hydrogen-bond acceptors (Lipinski definition) is 4. The summed E-state index contributed by atoms with van der Waals surface area (Å²) in [6.45, 7) is 0. The molecule has 2 aliphatic carbocycles. The largest absolute Gasteiger partial charge is 0.456 e. The fraction of sp³-hybridized carbons (Fsp3) is 0.0164. The second-order valence-corrected chi connectivity index (χ2v) is 33.4. The van der Waals surface area contributed by atoms with Gasteiger partial charge in [-0.2, -0.15) is 0 Å². The number of nitrogens with zero attached hydrogens (tertiary/aromatic N) is 1. The normalized spacial score (nSPS) is 12.4. The molecule has 0 bridgehead atoms. The topological polar surface area (TPSA) is 41.6 Å². The van der Waals surface area contributed by atoms with Crippen molar-refractivity contribution in [1.29, 1.82) is 0 Å². The Morgan fingerprint density at radius 1 is 0.213 bits per heavy atom. The molecule has 600 valence electrons. The lowest BCUT2D eigenvalue weighted by Gasteiger charge is -2.34. The van der Waals surface area contributed by atoms with Crippen LogP contribution in [0.15, 0.2) is 511 Å². The van der Waals surface area contributed by atoms with Gasteiger partial charge in [-0.15, -0.1) is 0 Å². The molecule has 5 heteroatoms. The van der Waals surface area contributed by atoms with Crippen molar-refractivity contribution in [3.63, 3.8) is 0 Å². The Kier molecular flexibility index (Phi) is 20.3. The molecule has 1 N–H and O–H groups in total. The summed E-state index contributed by atoms with van der Waals surface area (Å²) in [6, 6.07) is 179. The first kappa shape index (κ1) is 77.2. The molecular formula is C122H83BrN2O2. The van der Waals surface area contributed by atoms with Crippen LogP contribution in [0.2, 0.25) is 0 Å². The monoisotopic (exact) mass is 1690 g/mol. The first-order valence-electron chi connectivity index (χ1n) is 43.4. The molecule has 0 saturated carbocycles. The van der Waals surface area contributed by atoms with Crippen LogP contribution in [-0.2, 0) is 10.8 Å². The lowest BCUT2D eigenvalue weighted by atomic mass is 9.68. The molecule has 0 saturated heterocycles. The van der Waals surface area contributed by atoms with Gasteiger partial charge in [0.25, 0.3) is 0 Å². The number of anilines is 5. The van der Waals surface area contributed by atoms with E-state index in [1.54, 1.807) is 0 Å². The minimum Gasteiger partial charge on any atom is -0.456 e. The zero-order valence-corrected chi connectivity index (χ0v) is 71.1. The summed E-state index contributed by atoms with van der Waals surface area (Å²) < 4.78 is 13.6. The molecule has 20 aromatic carbocycles. The minimum atomic E-state index is -0.526. The van der Waals surface area contributed by atoms with Crippen molar-refractivity contribution >= 4 is 88.2 Å². The third kappa shape index (κ3) is 13.9. The molecule has 0 spiro atoms. The average molecular weight is 1690 g/mol. The summed E-state index contributed by atoms with van der Waals surface area (Å²) >= 11 is 3.60. The number of hydrogen-bond donors (Lipinski definition) is 1. The highest BCUT2D eigenvalue weighted by Gasteiger charge is 2.49. The van der Waals surface area contributed by atoms with Crippen LogP contribution < -0.4 is 10.2 Å². The van der Waals surface area contributed by atoms with Crippen LogP contribution >= 0.6 is 15.9 Å². The van der Waals surface area contributed by atoms with E-state index in [0.29, 0.717) is 0 Å². The van der Waals surface area contributed by atoms with E-state index in [1.807, 2.05) is 36.4 Å². The van der Waals surface area contributed by atoms with E-state index >= 15 is 0 Å². The number of rotatable bonds is 15. The Morgan fingerprint density at radius 3 is 1.02 bits per heavy atom. The number of benzene rings is 20. The van der Waals surface area contributed by atoms with Gasteiger partial charge in [0.2, 0.25) is 0 Å². The highest BCUT2D eigenvalue weighted by Crippen LogP contribution is 2.62. The Labute approximate surface area is 748 Å². The standard InChI is InChI=1S/C61H41NO.C43H29NO.C18H13Br/c1-4-17-42(18-5-1)43-31-33-45(34-32-43)50-23-11-14-28-56(50)62(49-38-35-44(36-39-49)46-37-40-52-51-24-12-15-30-58(51)63-59(52)41-46)57-29-16-27-55-60(57)53-25-10-13-26-54(53)61(55,47-19-6-2-7-20-47)48-21-8-3-9-22-48;1-3-12-31(13-4-1)43(32-14-5-2-6-15-32)37-18-9-7-17-36(37)42-38(43)19-11-20-39(42)44-33-25-22-29(23-26-33)30-24-27-35-34-16-8-10-21-40(34)45-41(35)28-30;19-18-9-5-4-8-17(18)16-12-10-15(11-13-16)14-6-2-1-3-7-14/h1-41H;1-28,44H;1-13H.